The first-order valence-corrected chi connectivity index (χ1v) is 3.88. The van der Waals surface area contributed by atoms with E-state index in [1.165, 1.54) is 12.1 Å². The molecule has 0 unspecified atom stereocenters. The number of benzene rings is 1. The van der Waals surface area contributed by atoms with E-state index < -0.39 is 17.6 Å². The van der Waals surface area contributed by atoms with Crippen molar-refractivity contribution in [1.82, 2.24) is 0 Å². The molecule has 0 saturated carbocycles. The Bertz CT molecular complexity index is 417. The zero-order valence-electron chi connectivity index (χ0n) is 7.43. The fourth-order valence-corrected chi connectivity index (χ4v) is 0.940. The average molecular weight is 213 g/mol. The lowest BCUT2D eigenvalue weighted by atomic mass is 10.2. The number of alkyl halides is 3. The first kappa shape index (κ1) is 11.1. The Morgan fingerprint density at radius 3 is 2.60 bits per heavy atom. The first-order valence-electron chi connectivity index (χ1n) is 3.88. The minimum Gasteiger partial charge on any atom is -0.315 e. The van der Waals surface area contributed by atoms with Gasteiger partial charge in [0.25, 0.3) is 5.91 Å². The van der Waals surface area contributed by atoms with Crippen LogP contribution in [0.4, 0.5) is 18.9 Å². The number of halogens is 3. The number of hydrogen-bond acceptors (Lipinski definition) is 1. The summed E-state index contributed by atoms with van der Waals surface area (Å²) < 4.78 is 36.7. The Kier molecular flexibility index (Phi) is 3.00. The molecule has 0 bridgehead atoms. The Morgan fingerprint density at radius 2 is 2.07 bits per heavy atom. The molecule has 0 aromatic heterocycles. The second-order valence-electron chi connectivity index (χ2n) is 2.68. The van der Waals surface area contributed by atoms with Gasteiger partial charge in [-0.15, -0.1) is 6.42 Å². The minimum atomic E-state index is -4.43. The molecule has 78 valence electrons. The van der Waals surface area contributed by atoms with Crippen LogP contribution in [0, 0.1) is 12.3 Å². The van der Waals surface area contributed by atoms with Crippen LogP contribution in [-0.2, 0) is 11.0 Å². The molecule has 0 radical (unpaired) electrons. The summed E-state index contributed by atoms with van der Waals surface area (Å²) in [5.74, 6) is 0.957. The van der Waals surface area contributed by atoms with Gasteiger partial charge < -0.3 is 5.32 Å². The Hall–Kier alpha value is -1.96. The number of carbonyl (C=O) groups excluding carboxylic acids is 1. The van der Waals surface area contributed by atoms with Crippen molar-refractivity contribution >= 4 is 11.6 Å². The number of hydrogen-bond donors (Lipinski definition) is 1. The molecule has 1 amide bonds. The van der Waals surface area contributed by atoms with Crippen LogP contribution in [0.25, 0.3) is 0 Å². The van der Waals surface area contributed by atoms with Crippen LogP contribution in [0.3, 0.4) is 0 Å². The molecular weight excluding hydrogens is 207 g/mol. The van der Waals surface area contributed by atoms with E-state index in [4.69, 9.17) is 6.42 Å². The third-order valence-corrected chi connectivity index (χ3v) is 1.58. The fourth-order valence-electron chi connectivity index (χ4n) is 0.940. The second-order valence-corrected chi connectivity index (χ2v) is 2.68. The summed E-state index contributed by atoms with van der Waals surface area (Å²) in [6.45, 7) is 0. The number of nitrogens with one attached hydrogen (secondary N) is 1. The molecule has 15 heavy (non-hydrogen) atoms. The molecule has 0 fully saturated rings. The lowest BCUT2D eigenvalue weighted by molar-refractivity contribution is -0.137. The molecule has 1 aromatic rings. The molecular formula is C10H6F3NO. The van der Waals surface area contributed by atoms with Gasteiger partial charge in [0.15, 0.2) is 0 Å². The van der Waals surface area contributed by atoms with Gasteiger partial charge in [-0.05, 0) is 24.1 Å². The number of rotatable bonds is 1. The van der Waals surface area contributed by atoms with Crippen LogP contribution in [-0.4, -0.2) is 5.91 Å². The predicted octanol–water partition coefficient (Wildman–Crippen LogP) is 2.28. The van der Waals surface area contributed by atoms with E-state index in [0.717, 1.165) is 12.1 Å². The lowest BCUT2D eigenvalue weighted by Gasteiger charge is -2.08. The monoisotopic (exact) mass is 213 g/mol. The van der Waals surface area contributed by atoms with E-state index in [9.17, 15) is 18.0 Å². The average Bonchev–Trinajstić information content (AvgIpc) is 2.17. The van der Waals surface area contributed by atoms with Gasteiger partial charge in [-0.2, -0.15) is 13.2 Å². The Morgan fingerprint density at radius 1 is 1.40 bits per heavy atom. The van der Waals surface area contributed by atoms with Crippen LogP contribution < -0.4 is 5.32 Å². The van der Waals surface area contributed by atoms with Gasteiger partial charge in [0.2, 0.25) is 0 Å². The van der Waals surface area contributed by atoms with Crippen LogP contribution in [0.5, 0.6) is 0 Å². The smallest absolute Gasteiger partial charge is 0.315 e. The summed E-state index contributed by atoms with van der Waals surface area (Å²) in [5.41, 5.74) is -0.815. The van der Waals surface area contributed by atoms with Gasteiger partial charge in [-0.1, -0.05) is 6.07 Å². The zero-order valence-corrected chi connectivity index (χ0v) is 7.43. The summed E-state index contributed by atoms with van der Waals surface area (Å²) in [4.78, 5) is 10.7. The number of anilines is 1. The fraction of sp³-hybridized carbons (Fsp3) is 0.100. The van der Waals surface area contributed by atoms with Crippen molar-refractivity contribution in [2.24, 2.45) is 0 Å². The SMILES string of the molecule is C#CC(=O)Nc1cccc(C(F)(F)F)c1. The molecule has 1 aromatic carbocycles. The van der Waals surface area contributed by atoms with Gasteiger partial charge >= 0.3 is 6.18 Å². The summed E-state index contributed by atoms with van der Waals surface area (Å²) in [6.07, 6.45) is 0.326. The molecule has 5 heteroatoms. The van der Waals surface area contributed by atoms with Gasteiger partial charge in [0.05, 0.1) is 5.56 Å². The van der Waals surface area contributed by atoms with Crippen LogP contribution >= 0.6 is 0 Å². The topological polar surface area (TPSA) is 29.1 Å². The first-order chi connectivity index (χ1) is 6.93. The minimum absolute atomic E-state index is 0.0211. The van der Waals surface area contributed by atoms with Gasteiger partial charge in [-0.25, -0.2) is 0 Å². The molecule has 1 N–H and O–H groups in total. The van der Waals surface area contributed by atoms with E-state index in [0.29, 0.717) is 0 Å². The van der Waals surface area contributed by atoms with Crippen molar-refractivity contribution in [3.8, 4) is 12.3 Å². The molecule has 0 aliphatic heterocycles. The van der Waals surface area contributed by atoms with Gasteiger partial charge in [-0.3, -0.25) is 4.79 Å². The van der Waals surface area contributed by atoms with Crippen molar-refractivity contribution < 1.29 is 18.0 Å². The van der Waals surface area contributed by atoms with Crippen molar-refractivity contribution in [1.29, 1.82) is 0 Å². The Balaban J connectivity index is 2.94. The number of terminal acetylenes is 1. The standard InChI is InChI=1S/C10H6F3NO/c1-2-9(15)14-8-5-3-4-7(6-8)10(11,12)13/h1,3-6H,(H,14,15). The molecule has 0 saturated heterocycles. The van der Waals surface area contributed by atoms with Crippen molar-refractivity contribution in [2.75, 3.05) is 5.32 Å². The van der Waals surface area contributed by atoms with E-state index in [1.807, 2.05) is 0 Å². The van der Waals surface area contributed by atoms with E-state index in [2.05, 4.69) is 5.32 Å². The normalized spacial score (nSPS) is 10.5. The highest BCUT2D eigenvalue weighted by Crippen LogP contribution is 2.30. The highest BCUT2D eigenvalue weighted by atomic mass is 19.4. The van der Waals surface area contributed by atoms with E-state index in [-0.39, 0.29) is 5.69 Å². The maximum atomic E-state index is 12.2. The predicted molar refractivity (Wildman–Crippen MR) is 48.9 cm³/mol. The van der Waals surface area contributed by atoms with E-state index in [1.54, 1.807) is 5.92 Å². The van der Waals surface area contributed by atoms with Gasteiger partial charge in [0, 0.05) is 5.69 Å². The zero-order chi connectivity index (χ0) is 11.5. The van der Waals surface area contributed by atoms with Crippen molar-refractivity contribution in [3.63, 3.8) is 0 Å². The summed E-state index contributed by atoms with van der Waals surface area (Å²) in [7, 11) is 0. The highest BCUT2D eigenvalue weighted by molar-refractivity contribution is 6.03. The molecule has 2 nitrogen and oxygen atoms in total. The van der Waals surface area contributed by atoms with Crippen molar-refractivity contribution in [2.45, 2.75) is 6.18 Å². The molecule has 0 atom stereocenters. The molecule has 0 heterocycles. The Labute approximate surface area is 84.1 Å². The van der Waals surface area contributed by atoms with Crippen LogP contribution in [0.2, 0.25) is 0 Å². The van der Waals surface area contributed by atoms with Crippen LogP contribution in [0.15, 0.2) is 24.3 Å². The number of amides is 1. The quantitative estimate of drug-likeness (QED) is 0.712. The van der Waals surface area contributed by atoms with Gasteiger partial charge in [0.1, 0.15) is 0 Å². The maximum absolute atomic E-state index is 12.2. The second kappa shape index (κ2) is 4.05. The summed E-state index contributed by atoms with van der Waals surface area (Å²) in [6, 6.07) is 4.24. The molecule has 1 rings (SSSR count). The third kappa shape index (κ3) is 3.02. The number of carbonyl (C=O) groups is 1. The third-order valence-electron chi connectivity index (χ3n) is 1.58. The lowest BCUT2D eigenvalue weighted by Crippen LogP contribution is -2.10. The molecule has 0 aliphatic rings. The highest BCUT2D eigenvalue weighted by Gasteiger charge is 2.30. The summed E-state index contributed by atoms with van der Waals surface area (Å²) >= 11 is 0. The molecule has 0 spiro atoms. The van der Waals surface area contributed by atoms with Crippen molar-refractivity contribution in [3.05, 3.63) is 29.8 Å². The molecule has 0 aliphatic carbocycles. The summed E-state index contributed by atoms with van der Waals surface area (Å²) in [5, 5.41) is 2.13. The van der Waals surface area contributed by atoms with Crippen LogP contribution in [0.1, 0.15) is 5.56 Å². The van der Waals surface area contributed by atoms with E-state index >= 15 is 0 Å². The largest absolute Gasteiger partial charge is 0.416 e. The maximum Gasteiger partial charge on any atom is 0.416 e.